The Morgan fingerprint density at radius 3 is 2.94 bits per heavy atom. The summed E-state index contributed by atoms with van der Waals surface area (Å²) in [5.74, 6) is 0.732. The molecule has 0 bridgehead atoms. The van der Waals surface area contributed by atoms with Gasteiger partial charge in [0.25, 0.3) is 5.91 Å². The number of pyridine rings is 2. The number of methoxy groups -OCH3 is 1. The molecule has 0 spiro atoms. The molecular weight excluding hydrogens is 488 g/mol. The summed E-state index contributed by atoms with van der Waals surface area (Å²) in [6, 6.07) is 3.53. The van der Waals surface area contributed by atoms with Crippen molar-refractivity contribution in [3.63, 3.8) is 0 Å². The van der Waals surface area contributed by atoms with Gasteiger partial charge in [-0.1, -0.05) is 11.6 Å². The van der Waals surface area contributed by atoms with Crippen LogP contribution in [-0.4, -0.2) is 53.9 Å². The predicted octanol–water partition coefficient (Wildman–Crippen LogP) is 4.73. The molecule has 3 aromatic heterocycles. The van der Waals surface area contributed by atoms with E-state index in [1.54, 1.807) is 25.6 Å². The first-order chi connectivity index (χ1) is 17.0. The molecule has 3 aromatic rings. The van der Waals surface area contributed by atoms with Gasteiger partial charge in [0.05, 0.1) is 43.9 Å². The number of thiazole rings is 1. The number of amides is 1. The van der Waals surface area contributed by atoms with Crippen molar-refractivity contribution in [2.24, 2.45) is 5.92 Å². The van der Waals surface area contributed by atoms with E-state index in [0.29, 0.717) is 38.6 Å². The van der Waals surface area contributed by atoms with Gasteiger partial charge in [-0.05, 0) is 38.3 Å². The normalized spacial score (nSPS) is 19.4. The van der Waals surface area contributed by atoms with Crippen LogP contribution in [0.2, 0.25) is 5.15 Å². The van der Waals surface area contributed by atoms with Gasteiger partial charge in [0, 0.05) is 46.8 Å². The van der Waals surface area contributed by atoms with E-state index < -0.39 is 0 Å². The molecule has 2 aliphatic rings. The molecule has 1 saturated heterocycles. The van der Waals surface area contributed by atoms with Crippen LogP contribution in [0, 0.1) is 12.8 Å². The average Bonchev–Trinajstić information content (AvgIpc) is 3.51. The fraction of sp³-hybridized carbons (Fsp3) is 0.440. The van der Waals surface area contributed by atoms with Crippen molar-refractivity contribution in [3.05, 3.63) is 51.5 Å². The molecule has 4 heterocycles. The summed E-state index contributed by atoms with van der Waals surface area (Å²) in [4.78, 5) is 27.6. The number of hydrogen-bond donors (Lipinski definition) is 1. The largest absolute Gasteiger partial charge is 0.494 e. The average molecular weight is 515 g/mol. The Balaban J connectivity index is 1.32. The third-order valence-corrected chi connectivity index (χ3v) is 7.58. The van der Waals surface area contributed by atoms with Crippen LogP contribution in [0.1, 0.15) is 39.5 Å². The molecule has 1 amide bonds. The quantitative estimate of drug-likeness (QED) is 0.455. The summed E-state index contributed by atoms with van der Waals surface area (Å²) in [6.07, 6.45) is 6.97. The van der Waals surface area contributed by atoms with E-state index in [1.807, 2.05) is 13.0 Å². The summed E-state index contributed by atoms with van der Waals surface area (Å²) >= 11 is 7.66. The number of halogens is 1. The Labute approximate surface area is 213 Å². The molecule has 5 rings (SSSR count). The van der Waals surface area contributed by atoms with Crippen LogP contribution < -0.4 is 10.1 Å². The van der Waals surface area contributed by atoms with Crippen LogP contribution in [-0.2, 0) is 22.3 Å². The number of carbonyl (C=O) groups excluding carboxylic acids is 1. The number of nitrogens with one attached hydrogen (secondary N) is 1. The highest BCUT2D eigenvalue weighted by Gasteiger charge is 2.26. The number of nitrogens with zero attached hydrogens (tertiary/aromatic N) is 3. The van der Waals surface area contributed by atoms with Crippen molar-refractivity contribution >= 4 is 34.0 Å². The second kappa shape index (κ2) is 10.6. The van der Waals surface area contributed by atoms with E-state index in [-0.39, 0.29) is 12.0 Å². The maximum atomic E-state index is 13.3. The van der Waals surface area contributed by atoms with Crippen LogP contribution >= 0.6 is 22.9 Å². The van der Waals surface area contributed by atoms with E-state index in [0.717, 1.165) is 56.9 Å². The fourth-order valence-electron chi connectivity index (χ4n) is 4.45. The lowest BCUT2D eigenvalue weighted by atomic mass is 10.00. The lowest BCUT2D eigenvalue weighted by Gasteiger charge is -2.22. The minimum Gasteiger partial charge on any atom is -0.494 e. The number of rotatable bonds is 7. The minimum atomic E-state index is -0.289. The number of hydrogen-bond acceptors (Lipinski definition) is 8. The first kappa shape index (κ1) is 24.1. The van der Waals surface area contributed by atoms with E-state index in [1.165, 1.54) is 16.2 Å². The fourth-order valence-corrected chi connectivity index (χ4v) is 5.67. The molecule has 1 aliphatic heterocycles. The minimum absolute atomic E-state index is 0.184. The zero-order chi connectivity index (χ0) is 24.4. The summed E-state index contributed by atoms with van der Waals surface area (Å²) in [6.45, 7) is 4.24. The van der Waals surface area contributed by atoms with Gasteiger partial charge >= 0.3 is 0 Å². The summed E-state index contributed by atoms with van der Waals surface area (Å²) in [7, 11) is 1.56. The van der Waals surface area contributed by atoms with E-state index in [2.05, 4.69) is 15.3 Å². The van der Waals surface area contributed by atoms with Crippen molar-refractivity contribution in [2.75, 3.05) is 32.2 Å². The van der Waals surface area contributed by atoms with Crippen LogP contribution in [0.3, 0.4) is 0 Å². The van der Waals surface area contributed by atoms with Gasteiger partial charge in [0.2, 0.25) is 0 Å². The third kappa shape index (κ3) is 5.48. The molecule has 1 aliphatic carbocycles. The Morgan fingerprint density at radius 2 is 2.14 bits per heavy atom. The molecular formula is C25H27ClN4O4S. The number of aromatic nitrogens is 3. The molecule has 0 aromatic carbocycles. The van der Waals surface area contributed by atoms with Crippen molar-refractivity contribution < 1.29 is 19.0 Å². The lowest BCUT2D eigenvalue weighted by molar-refractivity contribution is 0.0192. The molecule has 2 unspecified atom stereocenters. The number of ether oxygens (including phenoxy) is 3. The topological polar surface area (TPSA) is 95.5 Å². The monoisotopic (exact) mass is 514 g/mol. The first-order valence-electron chi connectivity index (χ1n) is 11.7. The maximum absolute atomic E-state index is 13.3. The van der Waals surface area contributed by atoms with Gasteiger partial charge in [-0.25, -0.2) is 9.97 Å². The lowest BCUT2D eigenvalue weighted by Crippen LogP contribution is -2.24. The second-order valence-electron chi connectivity index (χ2n) is 8.85. The van der Waals surface area contributed by atoms with Gasteiger partial charge < -0.3 is 14.2 Å². The van der Waals surface area contributed by atoms with E-state index in [9.17, 15) is 4.79 Å². The molecule has 2 atom stereocenters. The van der Waals surface area contributed by atoms with E-state index in [4.69, 9.17) is 30.8 Å². The van der Waals surface area contributed by atoms with Gasteiger partial charge in [-0.3, -0.25) is 15.1 Å². The Morgan fingerprint density at radius 1 is 1.26 bits per heavy atom. The van der Waals surface area contributed by atoms with Gasteiger partial charge in [0.1, 0.15) is 10.9 Å². The Bertz CT molecular complexity index is 1230. The molecule has 184 valence electrons. The predicted molar refractivity (Wildman–Crippen MR) is 135 cm³/mol. The zero-order valence-electron chi connectivity index (χ0n) is 19.7. The van der Waals surface area contributed by atoms with Crippen molar-refractivity contribution in [3.8, 4) is 16.9 Å². The smallest absolute Gasteiger partial charge is 0.259 e. The van der Waals surface area contributed by atoms with Crippen molar-refractivity contribution in [1.29, 1.82) is 0 Å². The van der Waals surface area contributed by atoms with Gasteiger partial charge in [-0.15, -0.1) is 11.3 Å². The molecule has 1 N–H and O–H groups in total. The van der Waals surface area contributed by atoms with Crippen molar-refractivity contribution in [1.82, 2.24) is 15.0 Å². The molecule has 35 heavy (non-hydrogen) atoms. The Hall–Kier alpha value is -2.59. The molecule has 0 saturated carbocycles. The number of anilines is 1. The van der Waals surface area contributed by atoms with Crippen molar-refractivity contribution in [2.45, 2.75) is 38.7 Å². The highest BCUT2D eigenvalue weighted by Crippen LogP contribution is 2.35. The zero-order valence-corrected chi connectivity index (χ0v) is 21.2. The maximum Gasteiger partial charge on any atom is 0.259 e. The second-order valence-corrected chi connectivity index (χ2v) is 10.3. The molecule has 8 nitrogen and oxygen atoms in total. The van der Waals surface area contributed by atoms with Gasteiger partial charge in [0.15, 0.2) is 5.13 Å². The number of carbonyl (C=O) groups is 1. The summed E-state index contributed by atoms with van der Waals surface area (Å²) in [5.41, 5.74) is 3.56. The van der Waals surface area contributed by atoms with Crippen LogP contribution in [0.15, 0.2) is 24.5 Å². The molecule has 1 fully saturated rings. The summed E-state index contributed by atoms with van der Waals surface area (Å²) < 4.78 is 17.1. The summed E-state index contributed by atoms with van der Waals surface area (Å²) in [5, 5.41) is 3.86. The molecule has 10 heteroatoms. The van der Waals surface area contributed by atoms with Crippen LogP contribution in [0.5, 0.6) is 5.75 Å². The SMILES string of the molecule is COc1cnc(Cl)cc1-c1cc(C)ncc1C(=O)Nc1nc2c(s1)CC(OCC1CCOC1)CC2. The third-order valence-electron chi connectivity index (χ3n) is 6.34. The van der Waals surface area contributed by atoms with E-state index >= 15 is 0 Å². The first-order valence-corrected chi connectivity index (χ1v) is 12.9. The molecule has 0 radical (unpaired) electrons. The van der Waals surface area contributed by atoms with Crippen LogP contribution in [0.4, 0.5) is 5.13 Å². The number of aryl methyl sites for hydroxylation is 2. The van der Waals surface area contributed by atoms with Crippen LogP contribution in [0.25, 0.3) is 11.1 Å². The Kier molecular flexibility index (Phi) is 7.29. The number of fused-ring (bicyclic) bond motifs is 1. The standard InChI is InChI=1S/C25H27ClN4O4S/c1-14-7-17(18-9-23(26)28-11-21(18)32-2)19(10-27-14)24(31)30-25-29-20-4-3-16(8-22(20)35-25)34-13-15-5-6-33-12-15/h7,9-11,15-16H,3-6,8,12-13H2,1-2H3,(H,29,30,31). The highest BCUT2D eigenvalue weighted by molar-refractivity contribution is 7.15. The highest BCUT2D eigenvalue weighted by atomic mass is 35.5. The van der Waals surface area contributed by atoms with Gasteiger partial charge in [-0.2, -0.15) is 0 Å².